The normalized spacial score (nSPS) is 10.6. The Kier molecular flexibility index (Phi) is 5.44. The highest BCUT2D eigenvalue weighted by atomic mass is 35.5. The molecule has 0 radical (unpaired) electrons. The molecule has 2 aromatic heterocycles. The maximum atomic E-state index is 12.1. The van der Waals surface area contributed by atoms with Crippen LogP contribution in [0.15, 0.2) is 18.5 Å². The van der Waals surface area contributed by atoms with Gasteiger partial charge in [-0.05, 0) is 12.3 Å². The molecule has 2 N–H and O–H groups in total. The molecule has 0 unspecified atom stereocenters. The lowest BCUT2D eigenvalue weighted by molar-refractivity contribution is -0.117. The molecule has 2 heterocycles. The molecule has 21 heavy (non-hydrogen) atoms. The molecule has 2 rings (SSSR count). The molecule has 0 aromatic carbocycles. The van der Waals surface area contributed by atoms with Crippen LogP contribution in [0.4, 0.5) is 10.7 Å². The van der Waals surface area contributed by atoms with Gasteiger partial charge in [0, 0.05) is 37.2 Å². The number of anilines is 2. The van der Waals surface area contributed by atoms with Crippen LogP contribution in [0.2, 0.25) is 5.15 Å². The number of rotatable bonds is 5. The van der Waals surface area contributed by atoms with Crippen LogP contribution >= 0.6 is 34.7 Å². The van der Waals surface area contributed by atoms with E-state index in [2.05, 4.69) is 9.97 Å². The van der Waals surface area contributed by atoms with Gasteiger partial charge in [-0.3, -0.25) is 9.78 Å². The zero-order valence-corrected chi connectivity index (χ0v) is 14.1. The fourth-order valence-electron chi connectivity index (χ4n) is 1.67. The Morgan fingerprint density at radius 1 is 1.52 bits per heavy atom. The van der Waals surface area contributed by atoms with Gasteiger partial charge in [0.1, 0.15) is 10.0 Å². The van der Waals surface area contributed by atoms with Crippen LogP contribution in [0.25, 0.3) is 10.6 Å². The van der Waals surface area contributed by atoms with E-state index in [1.807, 2.05) is 6.26 Å². The molecular weight excluding hydrogens is 328 g/mol. The summed E-state index contributed by atoms with van der Waals surface area (Å²) in [6, 6.07) is 1.78. The van der Waals surface area contributed by atoms with Crippen molar-refractivity contribution in [3.05, 3.63) is 23.6 Å². The lowest BCUT2D eigenvalue weighted by Crippen LogP contribution is -2.25. The molecule has 0 aliphatic carbocycles. The van der Waals surface area contributed by atoms with Gasteiger partial charge in [0.25, 0.3) is 0 Å². The first-order valence-electron chi connectivity index (χ1n) is 6.15. The summed E-state index contributed by atoms with van der Waals surface area (Å²) in [5, 5.41) is 1.65. The first-order chi connectivity index (χ1) is 10.0. The number of thioether (sulfide) groups is 1. The Hall–Kier alpha value is -1.31. The third-order valence-electron chi connectivity index (χ3n) is 2.77. The van der Waals surface area contributed by atoms with E-state index in [-0.39, 0.29) is 5.91 Å². The molecule has 0 saturated heterocycles. The van der Waals surface area contributed by atoms with Gasteiger partial charge in [-0.2, -0.15) is 11.8 Å². The number of aromatic nitrogens is 2. The number of amides is 1. The van der Waals surface area contributed by atoms with Crippen LogP contribution in [0.1, 0.15) is 6.42 Å². The van der Waals surface area contributed by atoms with Crippen LogP contribution in [-0.4, -0.2) is 34.9 Å². The topological polar surface area (TPSA) is 72.1 Å². The van der Waals surface area contributed by atoms with E-state index in [4.69, 9.17) is 17.3 Å². The van der Waals surface area contributed by atoms with Gasteiger partial charge >= 0.3 is 0 Å². The highest BCUT2D eigenvalue weighted by Gasteiger charge is 2.19. The Morgan fingerprint density at radius 2 is 2.29 bits per heavy atom. The van der Waals surface area contributed by atoms with Crippen molar-refractivity contribution >= 4 is 51.3 Å². The molecule has 0 saturated carbocycles. The number of nitrogens with two attached hydrogens (primary N) is 1. The highest BCUT2D eigenvalue weighted by molar-refractivity contribution is 7.98. The monoisotopic (exact) mass is 342 g/mol. The number of thiazole rings is 1. The lowest BCUT2D eigenvalue weighted by Gasteiger charge is -2.14. The zero-order valence-electron chi connectivity index (χ0n) is 11.7. The number of nitrogen functional groups attached to an aromatic ring is 1. The molecular formula is C13H15ClN4OS2. The van der Waals surface area contributed by atoms with E-state index >= 15 is 0 Å². The maximum absolute atomic E-state index is 12.1. The molecule has 0 aliphatic rings. The first kappa shape index (κ1) is 16.1. The third kappa shape index (κ3) is 3.87. The van der Waals surface area contributed by atoms with E-state index in [0.717, 1.165) is 11.3 Å². The smallest absolute Gasteiger partial charge is 0.228 e. The lowest BCUT2D eigenvalue weighted by atomic mass is 10.3. The van der Waals surface area contributed by atoms with Gasteiger partial charge in [0.05, 0.1) is 5.69 Å². The van der Waals surface area contributed by atoms with Crippen LogP contribution in [0.3, 0.4) is 0 Å². The number of hydrogen-bond donors (Lipinski definition) is 1. The maximum Gasteiger partial charge on any atom is 0.228 e. The minimum Gasteiger partial charge on any atom is -0.397 e. The van der Waals surface area contributed by atoms with Gasteiger partial charge in [0.15, 0.2) is 5.15 Å². The molecule has 0 atom stereocenters. The summed E-state index contributed by atoms with van der Waals surface area (Å²) in [6.45, 7) is 0. The standard InChI is InChI=1S/C13H15ClN4OS2/c1-18(10(19)3-4-20-2)13-11(14)17-12(21-13)8-5-9(15)7-16-6-8/h5-7H,3-4,15H2,1-2H3. The van der Waals surface area contributed by atoms with Gasteiger partial charge in [0.2, 0.25) is 5.91 Å². The first-order valence-corrected chi connectivity index (χ1v) is 8.74. The zero-order chi connectivity index (χ0) is 15.4. The second-order valence-corrected chi connectivity index (χ2v) is 6.64. The van der Waals surface area contributed by atoms with Crippen molar-refractivity contribution < 1.29 is 4.79 Å². The van der Waals surface area contributed by atoms with E-state index < -0.39 is 0 Å². The van der Waals surface area contributed by atoms with Crippen molar-refractivity contribution in [3.63, 3.8) is 0 Å². The number of pyridine rings is 1. The summed E-state index contributed by atoms with van der Waals surface area (Å²) >= 11 is 9.14. The van der Waals surface area contributed by atoms with E-state index in [9.17, 15) is 4.79 Å². The Labute approximate surface area is 136 Å². The summed E-state index contributed by atoms with van der Waals surface area (Å²) in [7, 11) is 1.71. The second-order valence-electron chi connectivity index (χ2n) is 4.32. The SMILES string of the molecule is CSCCC(=O)N(C)c1sc(-c2cncc(N)c2)nc1Cl. The molecule has 8 heteroatoms. The number of nitrogens with zero attached hydrogens (tertiary/aromatic N) is 3. The second kappa shape index (κ2) is 7.11. The summed E-state index contributed by atoms with van der Waals surface area (Å²) in [4.78, 5) is 21.9. The van der Waals surface area contributed by atoms with Gasteiger partial charge < -0.3 is 10.6 Å². The minimum absolute atomic E-state index is 0.0205. The van der Waals surface area contributed by atoms with Crippen molar-refractivity contribution in [1.82, 2.24) is 9.97 Å². The molecule has 0 aliphatic heterocycles. The van der Waals surface area contributed by atoms with Crippen LogP contribution in [0, 0.1) is 0 Å². The van der Waals surface area contributed by atoms with Crippen LogP contribution in [-0.2, 0) is 4.79 Å². The molecule has 1 amide bonds. The van der Waals surface area contributed by atoms with E-state index in [0.29, 0.717) is 27.3 Å². The molecule has 0 bridgehead atoms. The predicted octanol–water partition coefficient (Wildman–Crippen LogP) is 3.16. The minimum atomic E-state index is 0.0205. The number of carbonyl (C=O) groups is 1. The van der Waals surface area contributed by atoms with E-state index in [1.54, 1.807) is 42.2 Å². The number of halogens is 1. The van der Waals surface area contributed by atoms with Crippen molar-refractivity contribution in [3.8, 4) is 10.6 Å². The fourth-order valence-corrected chi connectivity index (χ4v) is 3.34. The third-order valence-corrected chi connectivity index (χ3v) is 4.94. The van der Waals surface area contributed by atoms with Crippen molar-refractivity contribution in [1.29, 1.82) is 0 Å². The highest BCUT2D eigenvalue weighted by Crippen LogP contribution is 2.37. The van der Waals surface area contributed by atoms with Gasteiger partial charge in [-0.25, -0.2) is 4.98 Å². The molecule has 2 aromatic rings. The molecule has 112 valence electrons. The van der Waals surface area contributed by atoms with Crippen LogP contribution in [0.5, 0.6) is 0 Å². The fraction of sp³-hybridized carbons (Fsp3) is 0.308. The van der Waals surface area contributed by atoms with E-state index in [1.165, 1.54) is 11.3 Å². The Morgan fingerprint density at radius 3 is 2.95 bits per heavy atom. The average Bonchev–Trinajstić information content (AvgIpc) is 2.86. The average molecular weight is 343 g/mol. The largest absolute Gasteiger partial charge is 0.397 e. The quantitative estimate of drug-likeness (QED) is 0.903. The van der Waals surface area contributed by atoms with Gasteiger partial charge in [-0.15, -0.1) is 0 Å². The van der Waals surface area contributed by atoms with Gasteiger partial charge in [-0.1, -0.05) is 22.9 Å². The predicted molar refractivity (Wildman–Crippen MR) is 91.2 cm³/mol. The molecule has 0 fully saturated rings. The molecule has 5 nitrogen and oxygen atoms in total. The number of hydrogen-bond acceptors (Lipinski definition) is 6. The van der Waals surface area contributed by atoms with Crippen molar-refractivity contribution in [2.75, 3.05) is 29.7 Å². The summed E-state index contributed by atoms with van der Waals surface area (Å²) in [5.74, 6) is 0.804. The Bertz CT molecular complexity index is 647. The summed E-state index contributed by atoms with van der Waals surface area (Å²) < 4.78 is 0. The van der Waals surface area contributed by atoms with Crippen molar-refractivity contribution in [2.24, 2.45) is 0 Å². The summed E-state index contributed by atoms with van der Waals surface area (Å²) in [6.07, 6.45) is 5.68. The van der Waals surface area contributed by atoms with Crippen molar-refractivity contribution in [2.45, 2.75) is 6.42 Å². The summed E-state index contributed by atoms with van der Waals surface area (Å²) in [5.41, 5.74) is 7.07. The Balaban J connectivity index is 2.25. The van der Waals surface area contributed by atoms with Crippen LogP contribution < -0.4 is 10.6 Å². The molecule has 0 spiro atoms. The number of carbonyl (C=O) groups excluding carboxylic acids is 1.